The van der Waals surface area contributed by atoms with E-state index in [4.69, 9.17) is 23.7 Å². The van der Waals surface area contributed by atoms with Crippen LogP contribution in [0.5, 0.6) is 28.7 Å². The molecular formula is C36H39N5O8. The molecule has 2 N–H and O–H groups in total. The minimum Gasteiger partial charge on any atom is -0.496 e. The van der Waals surface area contributed by atoms with Crippen molar-refractivity contribution in [1.82, 2.24) is 25.3 Å². The molecule has 13 heteroatoms. The van der Waals surface area contributed by atoms with E-state index in [9.17, 15) is 14.4 Å². The van der Waals surface area contributed by atoms with Crippen molar-refractivity contribution in [2.24, 2.45) is 0 Å². The molecule has 0 aliphatic carbocycles. The van der Waals surface area contributed by atoms with Crippen molar-refractivity contribution >= 4 is 17.7 Å². The minimum absolute atomic E-state index is 0.116. The Hall–Kier alpha value is -5.72. The second kappa shape index (κ2) is 15.0. The average Bonchev–Trinajstić information content (AvgIpc) is 3.63. The van der Waals surface area contributed by atoms with E-state index < -0.39 is 18.1 Å². The van der Waals surface area contributed by atoms with Gasteiger partial charge in [0, 0.05) is 50.3 Å². The van der Waals surface area contributed by atoms with Gasteiger partial charge in [-0.1, -0.05) is 18.2 Å². The third-order valence-corrected chi connectivity index (χ3v) is 8.59. The topological polar surface area (TPSA) is 142 Å². The molecule has 13 nitrogen and oxygen atoms in total. The summed E-state index contributed by atoms with van der Waals surface area (Å²) in [6.07, 6.45) is 3.88. The smallest absolute Gasteiger partial charge is 0.258 e. The Bertz CT molecular complexity index is 1820. The summed E-state index contributed by atoms with van der Waals surface area (Å²) in [5, 5.41) is 10.4. The Balaban J connectivity index is 1.25. The molecule has 1 fully saturated rings. The standard InChI is InChI=1S/C36H39N5O8/c1-45-30-7-5-4-6-28(30)41-20-25(19-38-41)36(44)40-15-14-29-27(21-40)39-35(43)22-48-33-16-23(8-12-31(33)46-2)9-13-34(42)37-18-24-10-11-26(49-29)17-32(24)47-3/h4-8,10-12,16-17,19-20,27,29H,9,13-15,18,21-22H2,1-3H3,(H,37,42)(H,39,43)/t27-,29+/m1/s1. The first kappa shape index (κ1) is 33.2. The molecule has 0 unspecified atom stereocenters. The van der Waals surface area contributed by atoms with Crippen LogP contribution in [0.1, 0.15) is 34.3 Å². The fourth-order valence-electron chi connectivity index (χ4n) is 6.00. The molecule has 1 aromatic heterocycles. The van der Waals surface area contributed by atoms with E-state index >= 15 is 0 Å². The second-order valence-corrected chi connectivity index (χ2v) is 11.7. The van der Waals surface area contributed by atoms with Gasteiger partial charge < -0.3 is 39.2 Å². The summed E-state index contributed by atoms with van der Waals surface area (Å²) in [5.74, 6) is 1.83. The van der Waals surface area contributed by atoms with E-state index in [-0.39, 0.29) is 37.9 Å². The van der Waals surface area contributed by atoms with Crippen LogP contribution >= 0.6 is 0 Å². The van der Waals surface area contributed by atoms with Crippen LogP contribution in [0, 0.1) is 0 Å². The van der Waals surface area contributed by atoms with Crippen molar-refractivity contribution in [1.29, 1.82) is 0 Å². The number of methoxy groups -OCH3 is 3. The lowest BCUT2D eigenvalue weighted by molar-refractivity contribution is -0.125. The highest BCUT2D eigenvalue weighted by molar-refractivity contribution is 5.94. The van der Waals surface area contributed by atoms with Gasteiger partial charge in [-0.15, -0.1) is 0 Å². The van der Waals surface area contributed by atoms with Crippen molar-refractivity contribution < 1.29 is 38.1 Å². The fourth-order valence-corrected chi connectivity index (χ4v) is 6.00. The lowest BCUT2D eigenvalue weighted by Crippen LogP contribution is -2.58. The van der Waals surface area contributed by atoms with Crippen LogP contribution in [-0.4, -0.2) is 85.6 Å². The number of likely N-dealkylation sites (tertiary alicyclic amines) is 1. The van der Waals surface area contributed by atoms with Gasteiger partial charge in [0.25, 0.3) is 11.8 Å². The van der Waals surface area contributed by atoms with E-state index in [2.05, 4.69) is 15.7 Å². The lowest BCUT2D eigenvalue weighted by atomic mass is 10.0. The van der Waals surface area contributed by atoms with Gasteiger partial charge in [0.15, 0.2) is 18.1 Å². The maximum atomic E-state index is 13.8. The first-order chi connectivity index (χ1) is 23.8. The highest BCUT2D eigenvalue weighted by Crippen LogP contribution is 2.30. The van der Waals surface area contributed by atoms with E-state index in [1.54, 1.807) is 54.3 Å². The SMILES string of the molecule is COc1cc2ccc1CNC(=O)CCc1ccc(OC)c(c1)OCC(=O)N[C@@H]1CN(C(=O)c3cnn(-c4ccccc4OC)c3)CC[C@@H]1O2. The number of ether oxygens (including phenoxy) is 5. The molecule has 256 valence electrons. The molecule has 3 aromatic carbocycles. The van der Waals surface area contributed by atoms with Crippen LogP contribution in [0.25, 0.3) is 5.69 Å². The monoisotopic (exact) mass is 669 g/mol. The summed E-state index contributed by atoms with van der Waals surface area (Å²) in [5.41, 5.74) is 2.75. The molecule has 49 heavy (non-hydrogen) atoms. The van der Waals surface area contributed by atoms with E-state index in [0.29, 0.717) is 59.4 Å². The molecule has 0 saturated carbocycles. The van der Waals surface area contributed by atoms with Gasteiger partial charge in [0.2, 0.25) is 5.91 Å². The highest BCUT2D eigenvalue weighted by atomic mass is 16.5. The van der Waals surface area contributed by atoms with Gasteiger partial charge in [-0.3, -0.25) is 14.4 Å². The number of amides is 3. The molecule has 3 aliphatic rings. The van der Waals surface area contributed by atoms with E-state index in [1.807, 2.05) is 36.4 Å². The molecule has 3 aliphatic heterocycles. The second-order valence-electron chi connectivity index (χ2n) is 11.7. The number of hydrogen-bond acceptors (Lipinski definition) is 9. The maximum absolute atomic E-state index is 13.8. The van der Waals surface area contributed by atoms with Crippen LogP contribution in [-0.2, 0) is 22.6 Å². The summed E-state index contributed by atoms with van der Waals surface area (Å²) in [7, 11) is 4.66. The molecule has 4 aromatic rings. The Labute approximate surface area is 284 Å². The average molecular weight is 670 g/mol. The van der Waals surface area contributed by atoms with Crippen molar-refractivity contribution in [2.75, 3.05) is 41.0 Å². The molecule has 0 radical (unpaired) electrons. The number of carbonyl (C=O) groups excluding carboxylic acids is 3. The number of nitrogens with zero attached hydrogens (tertiary/aromatic N) is 3. The predicted octanol–water partition coefficient (Wildman–Crippen LogP) is 3.32. The molecule has 1 saturated heterocycles. The largest absolute Gasteiger partial charge is 0.496 e. The molecular weight excluding hydrogens is 630 g/mol. The number of hydrogen-bond donors (Lipinski definition) is 2. The van der Waals surface area contributed by atoms with E-state index in [0.717, 1.165) is 11.1 Å². The van der Waals surface area contributed by atoms with Gasteiger partial charge in [-0.05, 0) is 48.4 Å². The highest BCUT2D eigenvalue weighted by Gasteiger charge is 2.35. The maximum Gasteiger partial charge on any atom is 0.258 e. The fraction of sp³-hybridized carbons (Fsp3) is 0.333. The molecule has 4 heterocycles. The summed E-state index contributed by atoms with van der Waals surface area (Å²) >= 11 is 0. The van der Waals surface area contributed by atoms with Crippen LogP contribution in [0.3, 0.4) is 0 Å². The van der Waals surface area contributed by atoms with Crippen LogP contribution in [0.4, 0.5) is 0 Å². The Morgan fingerprint density at radius 3 is 2.55 bits per heavy atom. The number of benzene rings is 3. The zero-order chi connectivity index (χ0) is 34.3. The van der Waals surface area contributed by atoms with Gasteiger partial charge in [-0.2, -0.15) is 5.10 Å². The Kier molecular flexibility index (Phi) is 10.2. The Morgan fingerprint density at radius 1 is 0.918 bits per heavy atom. The minimum atomic E-state index is -0.571. The first-order valence-corrected chi connectivity index (χ1v) is 16.0. The predicted molar refractivity (Wildman–Crippen MR) is 179 cm³/mol. The molecule has 3 amide bonds. The van der Waals surface area contributed by atoms with Gasteiger partial charge in [0.1, 0.15) is 29.0 Å². The van der Waals surface area contributed by atoms with Crippen LogP contribution in [0.2, 0.25) is 0 Å². The van der Waals surface area contributed by atoms with Gasteiger partial charge >= 0.3 is 0 Å². The zero-order valence-corrected chi connectivity index (χ0v) is 27.6. The lowest BCUT2D eigenvalue weighted by Gasteiger charge is -2.38. The number of aryl methyl sites for hydroxylation is 1. The van der Waals surface area contributed by atoms with Crippen molar-refractivity contribution in [3.05, 3.63) is 89.7 Å². The quantitative estimate of drug-likeness (QED) is 0.327. The third-order valence-electron chi connectivity index (χ3n) is 8.59. The number of fused-ring (bicyclic) bond motifs is 9. The number of aromatic nitrogens is 2. The van der Waals surface area contributed by atoms with Crippen LogP contribution < -0.4 is 34.3 Å². The number of rotatable bonds is 5. The summed E-state index contributed by atoms with van der Waals surface area (Å²) in [4.78, 5) is 41.5. The molecule has 2 atom stereocenters. The summed E-state index contributed by atoms with van der Waals surface area (Å²) in [6.45, 7) is 0.560. The molecule has 7 rings (SSSR count). The normalized spacial score (nSPS) is 18.3. The van der Waals surface area contributed by atoms with Gasteiger partial charge in [0.05, 0.1) is 39.1 Å². The van der Waals surface area contributed by atoms with Crippen molar-refractivity contribution in [2.45, 2.75) is 38.0 Å². The van der Waals surface area contributed by atoms with Crippen LogP contribution in [0.15, 0.2) is 73.1 Å². The molecule has 4 bridgehead atoms. The summed E-state index contributed by atoms with van der Waals surface area (Å²) in [6, 6.07) is 17.6. The number of piperidine rings is 1. The number of para-hydroxylation sites is 2. The molecule has 0 spiro atoms. The van der Waals surface area contributed by atoms with Crippen molar-refractivity contribution in [3.63, 3.8) is 0 Å². The number of nitrogens with one attached hydrogen (secondary N) is 2. The zero-order valence-electron chi connectivity index (χ0n) is 27.6. The first-order valence-electron chi connectivity index (χ1n) is 16.0. The van der Waals surface area contributed by atoms with Crippen molar-refractivity contribution in [3.8, 4) is 34.4 Å². The third kappa shape index (κ3) is 7.72. The Morgan fingerprint density at radius 2 is 1.73 bits per heavy atom. The number of carbonyl (C=O) groups is 3. The van der Waals surface area contributed by atoms with Gasteiger partial charge in [-0.25, -0.2) is 4.68 Å². The summed E-state index contributed by atoms with van der Waals surface area (Å²) < 4.78 is 30.5. The van der Waals surface area contributed by atoms with E-state index in [1.165, 1.54) is 13.3 Å².